The molecule has 33 heavy (non-hydrogen) atoms. The molecule has 0 radical (unpaired) electrons. The fraction of sp³-hybridized carbons (Fsp3) is 0.484. The maximum Gasteiger partial charge on any atom is 0.119 e. The van der Waals surface area contributed by atoms with Crippen LogP contribution in [0.4, 0.5) is 0 Å². The number of allylic oxidation sites excluding steroid dienone is 10. The van der Waals surface area contributed by atoms with Crippen molar-refractivity contribution in [3.63, 3.8) is 0 Å². The van der Waals surface area contributed by atoms with Gasteiger partial charge in [0.25, 0.3) is 0 Å². The van der Waals surface area contributed by atoms with Gasteiger partial charge in [0.15, 0.2) is 0 Å². The Morgan fingerprint density at radius 3 is 1.48 bits per heavy atom. The molecular weight excluding hydrogens is 404 g/mol. The fourth-order valence-electron chi connectivity index (χ4n) is 3.66. The lowest BCUT2D eigenvalue weighted by Gasteiger charge is -2.05. The molecule has 0 aliphatic rings. The van der Waals surface area contributed by atoms with Crippen molar-refractivity contribution < 1.29 is 10.2 Å². The molecule has 2 nitrogen and oxygen atoms in total. The largest absolute Gasteiger partial charge is 0.508 e. The van der Waals surface area contributed by atoms with E-state index in [9.17, 15) is 10.2 Å². The predicted octanol–water partition coefficient (Wildman–Crippen LogP) is 9.51. The summed E-state index contributed by atoms with van der Waals surface area (Å²) in [5, 5.41) is 19.4. The second-order valence-electron chi connectivity index (χ2n) is 9.66. The van der Waals surface area contributed by atoms with Gasteiger partial charge in [-0.2, -0.15) is 0 Å². The van der Waals surface area contributed by atoms with Crippen LogP contribution in [0.15, 0.2) is 76.4 Å². The SMILES string of the molecule is CC(C)=CCC/C(C)=C/CC/C(C)=C/CC/C(C)=C/CC/C(C)=C/Cc1cc(O)ccc1O. The van der Waals surface area contributed by atoms with E-state index in [0.29, 0.717) is 6.42 Å². The van der Waals surface area contributed by atoms with Gasteiger partial charge in [0.2, 0.25) is 0 Å². The van der Waals surface area contributed by atoms with Crippen molar-refractivity contribution in [1.82, 2.24) is 0 Å². The number of benzene rings is 1. The Morgan fingerprint density at radius 2 is 1.03 bits per heavy atom. The third-order valence-corrected chi connectivity index (χ3v) is 5.92. The van der Waals surface area contributed by atoms with Gasteiger partial charge in [-0.3, -0.25) is 0 Å². The lowest BCUT2D eigenvalue weighted by molar-refractivity contribution is 0.455. The first-order valence-corrected chi connectivity index (χ1v) is 12.4. The Balaban J connectivity index is 2.30. The maximum absolute atomic E-state index is 9.88. The van der Waals surface area contributed by atoms with Crippen LogP contribution in [-0.2, 0) is 6.42 Å². The van der Waals surface area contributed by atoms with E-state index in [-0.39, 0.29) is 11.5 Å². The van der Waals surface area contributed by atoms with Crippen molar-refractivity contribution in [3.05, 3.63) is 82.0 Å². The Kier molecular flexibility index (Phi) is 14.0. The Labute approximate surface area is 203 Å². The molecule has 0 aromatic heterocycles. The molecule has 0 spiro atoms. The van der Waals surface area contributed by atoms with Crippen molar-refractivity contribution in [1.29, 1.82) is 0 Å². The van der Waals surface area contributed by atoms with Gasteiger partial charge < -0.3 is 10.2 Å². The summed E-state index contributed by atoms with van der Waals surface area (Å²) in [6.07, 6.45) is 21.2. The predicted molar refractivity (Wildman–Crippen MR) is 145 cm³/mol. The standard InChI is InChI=1S/C31H46O2/c1-24(2)11-7-12-25(3)13-8-14-26(4)15-9-16-27(5)17-10-18-28(6)19-20-29-23-30(32)21-22-31(29)33/h11,13,15,17,19,21-23,32-33H,7-10,12,14,16,18,20H2,1-6H3/b25-13+,26-15+,27-17+,28-19+. The first-order chi connectivity index (χ1) is 15.7. The van der Waals surface area contributed by atoms with Crippen molar-refractivity contribution >= 4 is 0 Å². The first-order valence-electron chi connectivity index (χ1n) is 12.4. The third kappa shape index (κ3) is 14.3. The Bertz CT molecular complexity index is 874. The molecule has 0 amide bonds. The van der Waals surface area contributed by atoms with Gasteiger partial charge in [-0.25, -0.2) is 0 Å². The zero-order chi connectivity index (χ0) is 24.6. The molecule has 2 N–H and O–H groups in total. The van der Waals surface area contributed by atoms with Gasteiger partial charge >= 0.3 is 0 Å². The van der Waals surface area contributed by atoms with E-state index in [1.807, 2.05) is 0 Å². The fourth-order valence-corrected chi connectivity index (χ4v) is 3.66. The number of phenolic OH excluding ortho intramolecular Hbond substituents is 2. The normalized spacial score (nSPS) is 13.4. The van der Waals surface area contributed by atoms with Crippen LogP contribution in [0.3, 0.4) is 0 Å². The molecule has 0 unspecified atom stereocenters. The summed E-state index contributed by atoms with van der Waals surface area (Å²) in [6, 6.07) is 4.68. The van der Waals surface area contributed by atoms with Crippen LogP contribution >= 0.6 is 0 Å². The molecule has 0 fully saturated rings. The Hall–Kier alpha value is -2.48. The van der Waals surface area contributed by atoms with E-state index in [1.54, 1.807) is 12.1 Å². The highest BCUT2D eigenvalue weighted by Crippen LogP contribution is 2.23. The Morgan fingerprint density at radius 1 is 0.606 bits per heavy atom. The molecule has 0 saturated heterocycles. The van der Waals surface area contributed by atoms with Crippen LogP contribution in [0.5, 0.6) is 11.5 Å². The maximum atomic E-state index is 9.88. The average Bonchev–Trinajstić information content (AvgIpc) is 2.74. The quantitative estimate of drug-likeness (QED) is 0.219. The minimum Gasteiger partial charge on any atom is -0.508 e. The second kappa shape index (κ2) is 16.2. The van der Waals surface area contributed by atoms with Crippen molar-refractivity contribution in [2.45, 2.75) is 99.3 Å². The highest BCUT2D eigenvalue weighted by atomic mass is 16.3. The minimum absolute atomic E-state index is 0.193. The number of rotatable bonds is 14. The topological polar surface area (TPSA) is 40.5 Å². The zero-order valence-corrected chi connectivity index (χ0v) is 21.9. The lowest BCUT2D eigenvalue weighted by atomic mass is 10.0. The summed E-state index contributed by atoms with van der Waals surface area (Å²) in [5.74, 6) is 0.431. The molecule has 1 aromatic carbocycles. The van der Waals surface area contributed by atoms with Crippen molar-refractivity contribution in [2.24, 2.45) is 0 Å². The van der Waals surface area contributed by atoms with Gasteiger partial charge in [-0.05, 0) is 118 Å². The highest BCUT2D eigenvalue weighted by molar-refractivity contribution is 5.39. The molecule has 1 rings (SSSR count). The molecular formula is C31H46O2. The van der Waals surface area contributed by atoms with Crippen LogP contribution in [0.25, 0.3) is 0 Å². The summed E-state index contributed by atoms with van der Waals surface area (Å²) in [6.45, 7) is 13.2. The minimum atomic E-state index is 0.193. The molecule has 0 heterocycles. The molecule has 0 bridgehead atoms. The highest BCUT2D eigenvalue weighted by Gasteiger charge is 2.01. The number of phenols is 2. The van der Waals surface area contributed by atoms with Gasteiger partial charge in [0.05, 0.1) is 0 Å². The van der Waals surface area contributed by atoms with Gasteiger partial charge in [0.1, 0.15) is 11.5 Å². The van der Waals surface area contributed by atoms with Gasteiger partial charge in [-0.1, -0.05) is 58.2 Å². The summed E-state index contributed by atoms with van der Waals surface area (Å²) in [7, 11) is 0. The first kappa shape index (κ1) is 28.6. The molecule has 182 valence electrons. The molecule has 0 atom stereocenters. The van der Waals surface area contributed by atoms with E-state index in [0.717, 1.165) is 50.5 Å². The summed E-state index contributed by atoms with van der Waals surface area (Å²) in [4.78, 5) is 0. The van der Waals surface area contributed by atoms with Crippen LogP contribution in [-0.4, -0.2) is 10.2 Å². The van der Waals surface area contributed by atoms with E-state index < -0.39 is 0 Å². The van der Waals surface area contributed by atoms with Gasteiger partial charge in [0, 0.05) is 5.56 Å². The average molecular weight is 451 g/mol. The molecule has 0 saturated carbocycles. The van der Waals surface area contributed by atoms with Crippen LogP contribution in [0.1, 0.15) is 98.5 Å². The summed E-state index contributed by atoms with van der Waals surface area (Å²) >= 11 is 0. The van der Waals surface area contributed by atoms with Crippen LogP contribution in [0.2, 0.25) is 0 Å². The van der Waals surface area contributed by atoms with Crippen LogP contribution in [0, 0.1) is 0 Å². The van der Waals surface area contributed by atoms with E-state index in [4.69, 9.17) is 0 Å². The molecule has 0 aliphatic carbocycles. The lowest BCUT2D eigenvalue weighted by Crippen LogP contribution is -1.86. The third-order valence-electron chi connectivity index (χ3n) is 5.92. The number of hydrogen-bond acceptors (Lipinski definition) is 2. The second-order valence-corrected chi connectivity index (χ2v) is 9.66. The smallest absolute Gasteiger partial charge is 0.119 e. The van der Waals surface area contributed by atoms with E-state index >= 15 is 0 Å². The van der Waals surface area contributed by atoms with Crippen molar-refractivity contribution in [2.75, 3.05) is 0 Å². The van der Waals surface area contributed by atoms with Crippen molar-refractivity contribution in [3.8, 4) is 11.5 Å². The summed E-state index contributed by atoms with van der Waals surface area (Å²) < 4.78 is 0. The summed E-state index contributed by atoms with van der Waals surface area (Å²) in [5.41, 5.74) is 7.92. The van der Waals surface area contributed by atoms with E-state index in [2.05, 4.69) is 71.9 Å². The molecule has 0 aliphatic heterocycles. The van der Waals surface area contributed by atoms with E-state index in [1.165, 1.54) is 40.4 Å². The number of hydrogen-bond donors (Lipinski definition) is 2. The zero-order valence-electron chi connectivity index (χ0n) is 21.9. The molecule has 2 heteroatoms. The van der Waals surface area contributed by atoms with Gasteiger partial charge in [-0.15, -0.1) is 0 Å². The monoisotopic (exact) mass is 450 g/mol. The number of aromatic hydroxyl groups is 2. The molecule has 1 aromatic rings. The van der Waals surface area contributed by atoms with Crippen LogP contribution < -0.4 is 0 Å².